The topological polar surface area (TPSA) is 64.5 Å². The second kappa shape index (κ2) is 5.61. The molecule has 0 radical (unpaired) electrons. The lowest BCUT2D eigenvalue weighted by Crippen LogP contribution is -2.33. The maximum Gasteiger partial charge on any atom is 0.0332 e. The summed E-state index contributed by atoms with van der Waals surface area (Å²) in [6.45, 7) is 3.82. The van der Waals surface area contributed by atoms with Gasteiger partial charge in [-0.25, -0.2) is 11.0 Å². The van der Waals surface area contributed by atoms with Crippen molar-refractivity contribution in [2.75, 3.05) is 0 Å². The Kier molecular flexibility index (Phi) is 5.52. The normalized spacial score (nSPS) is 16.8. The van der Waals surface area contributed by atoms with E-state index in [0.717, 1.165) is 6.42 Å². The molecule has 0 amide bonds. The highest BCUT2D eigenvalue weighted by molar-refractivity contribution is 4.65. The Morgan fingerprint density at radius 2 is 1.90 bits per heavy atom. The van der Waals surface area contributed by atoms with Crippen molar-refractivity contribution in [1.29, 1.82) is 0 Å². The van der Waals surface area contributed by atoms with Gasteiger partial charge in [0.05, 0.1) is 0 Å². The minimum Gasteiger partial charge on any atom is -0.317 e. The van der Waals surface area contributed by atoms with Crippen LogP contribution >= 0.6 is 0 Å². The van der Waals surface area contributed by atoms with E-state index in [1.54, 1.807) is 0 Å². The number of hydroxylamine groups is 2. The lowest BCUT2D eigenvalue weighted by atomic mass is 10.1. The number of hydrogen-bond donors (Lipinski definition) is 4. The summed E-state index contributed by atoms with van der Waals surface area (Å²) in [5, 5.41) is 16.9. The maximum absolute atomic E-state index is 8.51. The summed E-state index contributed by atoms with van der Waals surface area (Å²) in [7, 11) is 0. The first-order valence-electron chi connectivity index (χ1n) is 3.53. The predicted octanol–water partition coefficient (Wildman–Crippen LogP) is 0.501. The molecule has 2 unspecified atom stereocenters. The summed E-state index contributed by atoms with van der Waals surface area (Å²) in [5.41, 5.74) is 4.28. The zero-order valence-corrected chi connectivity index (χ0v) is 6.46. The van der Waals surface area contributed by atoms with Crippen molar-refractivity contribution in [3.63, 3.8) is 0 Å². The zero-order valence-electron chi connectivity index (χ0n) is 6.46. The van der Waals surface area contributed by atoms with Crippen LogP contribution in [0.4, 0.5) is 0 Å². The summed E-state index contributed by atoms with van der Waals surface area (Å²) in [6.07, 6.45) is 1.56. The highest BCUT2D eigenvalue weighted by Crippen LogP contribution is 1.99. The molecule has 10 heavy (non-hydrogen) atoms. The molecule has 0 aromatic rings. The van der Waals surface area contributed by atoms with E-state index in [1.807, 2.05) is 13.8 Å². The second-order valence-electron chi connectivity index (χ2n) is 2.50. The van der Waals surface area contributed by atoms with Crippen LogP contribution in [-0.2, 0) is 0 Å². The van der Waals surface area contributed by atoms with E-state index >= 15 is 0 Å². The van der Waals surface area contributed by atoms with E-state index in [-0.39, 0.29) is 12.1 Å². The van der Waals surface area contributed by atoms with E-state index in [1.165, 1.54) is 0 Å². The van der Waals surface area contributed by atoms with Crippen LogP contribution in [-0.4, -0.2) is 22.5 Å². The quantitative estimate of drug-likeness (QED) is 0.429. The van der Waals surface area contributed by atoms with Gasteiger partial charge in [-0.2, -0.15) is 0 Å². The van der Waals surface area contributed by atoms with Crippen molar-refractivity contribution >= 4 is 0 Å². The minimum absolute atomic E-state index is 0.0181. The van der Waals surface area contributed by atoms with Gasteiger partial charge in [0.1, 0.15) is 0 Å². The minimum atomic E-state index is 0.0181. The zero-order chi connectivity index (χ0) is 7.98. The fraction of sp³-hybridized carbons (Fsp3) is 1.00. The Hall–Kier alpha value is -0.160. The van der Waals surface area contributed by atoms with Crippen LogP contribution in [0.2, 0.25) is 0 Å². The van der Waals surface area contributed by atoms with Gasteiger partial charge in [-0.3, -0.25) is 0 Å². The molecular weight excluding hydrogens is 132 g/mol. The molecule has 0 aromatic carbocycles. The Labute approximate surface area is 61.2 Å². The first-order valence-corrected chi connectivity index (χ1v) is 3.53. The Morgan fingerprint density at radius 1 is 1.30 bits per heavy atom. The van der Waals surface area contributed by atoms with Crippen LogP contribution in [0.25, 0.3) is 0 Å². The van der Waals surface area contributed by atoms with Crippen LogP contribution in [0.5, 0.6) is 0 Å². The van der Waals surface area contributed by atoms with Gasteiger partial charge in [0.2, 0.25) is 0 Å². The van der Waals surface area contributed by atoms with Crippen LogP contribution in [0, 0.1) is 0 Å². The molecule has 4 nitrogen and oxygen atoms in total. The number of nitrogens with one attached hydrogen (secondary N) is 2. The molecule has 0 saturated carbocycles. The molecule has 0 saturated heterocycles. The first kappa shape index (κ1) is 9.84. The second-order valence-corrected chi connectivity index (χ2v) is 2.50. The lowest BCUT2D eigenvalue weighted by Gasteiger charge is -2.16. The molecule has 4 heteroatoms. The van der Waals surface area contributed by atoms with Gasteiger partial charge in [-0.05, 0) is 19.8 Å². The largest absolute Gasteiger partial charge is 0.317 e. The van der Waals surface area contributed by atoms with Crippen LogP contribution in [0.1, 0.15) is 26.7 Å². The molecule has 0 heterocycles. The fourth-order valence-corrected chi connectivity index (χ4v) is 0.790. The Morgan fingerprint density at radius 3 is 2.20 bits per heavy atom. The van der Waals surface area contributed by atoms with Crippen molar-refractivity contribution in [1.82, 2.24) is 11.0 Å². The molecule has 0 aromatic heterocycles. The van der Waals surface area contributed by atoms with E-state index in [9.17, 15) is 0 Å². The smallest absolute Gasteiger partial charge is 0.0332 e. The van der Waals surface area contributed by atoms with Crippen molar-refractivity contribution in [2.45, 2.75) is 38.8 Å². The third-order valence-corrected chi connectivity index (χ3v) is 1.53. The Balaban J connectivity index is 3.41. The van der Waals surface area contributed by atoms with Crippen molar-refractivity contribution < 1.29 is 10.4 Å². The van der Waals surface area contributed by atoms with Gasteiger partial charge in [0.25, 0.3) is 0 Å². The van der Waals surface area contributed by atoms with Crippen LogP contribution in [0.3, 0.4) is 0 Å². The van der Waals surface area contributed by atoms with E-state index in [4.69, 9.17) is 10.4 Å². The molecule has 62 valence electrons. The fourth-order valence-electron chi connectivity index (χ4n) is 0.790. The van der Waals surface area contributed by atoms with E-state index in [0.29, 0.717) is 6.42 Å². The lowest BCUT2D eigenvalue weighted by molar-refractivity contribution is 0.0855. The first-order chi connectivity index (χ1) is 4.74. The molecule has 2 atom stereocenters. The molecule has 4 N–H and O–H groups in total. The Bertz CT molecular complexity index is 76.1. The van der Waals surface area contributed by atoms with Gasteiger partial charge >= 0.3 is 0 Å². The molecule has 0 fully saturated rings. The van der Waals surface area contributed by atoms with E-state index < -0.39 is 0 Å². The van der Waals surface area contributed by atoms with E-state index in [2.05, 4.69) is 11.0 Å². The number of rotatable bonds is 5. The van der Waals surface area contributed by atoms with Gasteiger partial charge < -0.3 is 10.4 Å². The summed E-state index contributed by atoms with van der Waals surface area (Å²) in [5.74, 6) is 0. The standard InChI is InChI=1S/C6H16N2O2/c1-3-6(8-10)4-5(2)7-9/h5-10H,3-4H2,1-2H3. The molecule has 0 rings (SSSR count). The predicted molar refractivity (Wildman–Crippen MR) is 38.0 cm³/mol. The highest BCUT2D eigenvalue weighted by atomic mass is 16.5. The van der Waals surface area contributed by atoms with Gasteiger partial charge in [-0.15, -0.1) is 0 Å². The average Bonchev–Trinajstić information content (AvgIpc) is 1.99. The molecular formula is C6H16N2O2. The monoisotopic (exact) mass is 148 g/mol. The molecule has 0 aliphatic rings. The molecule has 0 spiro atoms. The molecule has 0 aliphatic heterocycles. The maximum atomic E-state index is 8.51. The van der Waals surface area contributed by atoms with Gasteiger partial charge in [0, 0.05) is 12.1 Å². The summed E-state index contributed by atoms with van der Waals surface area (Å²) in [6, 6.07) is 0.0826. The molecule has 0 bridgehead atoms. The summed E-state index contributed by atoms with van der Waals surface area (Å²) >= 11 is 0. The molecule has 0 aliphatic carbocycles. The highest BCUT2D eigenvalue weighted by Gasteiger charge is 2.08. The summed E-state index contributed by atoms with van der Waals surface area (Å²) in [4.78, 5) is 0. The van der Waals surface area contributed by atoms with Crippen molar-refractivity contribution in [3.8, 4) is 0 Å². The van der Waals surface area contributed by atoms with Crippen molar-refractivity contribution in [2.24, 2.45) is 0 Å². The third kappa shape index (κ3) is 3.79. The summed E-state index contributed by atoms with van der Waals surface area (Å²) < 4.78 is 0. The van der Waals surface area contributed by atoms with Crippen molar-refractivity contribution in [3.05, 3.63) is 0 Å². The van der Waals surface area contributed by atoms with Gasteiger partial charge in [-0.1, -0.05) is 6.92 Å². The van der Waals surface area contributed by atoms with Crippen LogP contribution in [0.15, 0.2) is 0 Å². The third-order valence-electron chi connectivity index (χ3n) is 1.53. The van der Waals surface area contributed by atoms with Crippen LogP contribution < -0.4 is 11.0 Å². The van der Waals surface area contributed by atoms with Gasteiger partial charge in [0.15, 0.2) is 0 Å². The SMILES string of the molecule is CCC(CC(C)NO)NO. The number of hydrogen-bond acceptors (Lipinski definition) is 4. The average molecular weight is 148 g/mol.